The lowest BCUT2D eigenvalue weighted by atomic mass is 10.1. The molecule has 2 rings (SSSR count). The largest absolute Gasteiger partial charge is 0.486 e. The van der Waals surface area contributed by atoms with Crippen LogP contribution >= 0.6 is 0 Å². The van der Waals surface area contributed by atoms with E-state index in [-0.39, 0.29) is 5.69 Å². The summed E-state index contributed by atoms with van der Waals surface area (Å²) in [5, 5.41) is 10.8. The molecule has 1 aliphatic rings. The quantitative estimate of drug-likeness (QED) is 0.551. The highest BCUT2D eigenvalue weighted by Crippen LogP contribution is 2.36. The van der Waals surface area contributed by atoms with Gasteiger partial charge in [-0.1, -0.05) is 6.92 Å². The summed E-state index contributed by atoms with van der Waals surface area (Å²) in [4.78, 5) is 10.4. The number of nitro benzene ring substituents is 1. The maximum Gasteiger partial charge on any atom is 0.276 e. The normalized spacial score (nSPS) is 13.7. The van der Waals surface area contributed by atoms with Crippen LogP contribution in [0.15, 0.2) is 12.1 Å². The van der Waals surface area contributed by atoms with Gasteiger partial charge in [0.15, 0.2) is 11.5 Å². The molecular weight excluding hydrogens is 198 g/mol. The van der Waals surface area contributed by atoms with Crippen molar-refractivity contribution in [1.82, 2.24) is 0 Å². The van der Waals surface area contributed by atoms with Crippen LogP contribution in [0.1, 0.15) is 12.5 Å². The molecule has 0 aromatic heterocycles. The standard InChI is InChI=1S/C10H11NO4/c1-2-7-5-9-10(15-4-3-14-9)6-8(7)11(12)13/h5-6H,2-4H2,1H3. The Bertz CT molecular complexity index is 403. The SMILES string of the molecule is CCc1cc2c(cc1[N+](=O)[O-])OCCO2. The number of benzene rings is 1. The van der Waals surface area contributed by atoms with Gasteiger partial charge >= 0.3 is 0 Å². The molecule has 0 N–H and O–H groups in total. The number of nitrogens with zero attached hydrogens (tertiary/aromatic N) is 1. The molecular formula is C10H11NO4. The molecule has 0 fully saturated rings. The molecule has 1 aliphatic heterocycles. The summed E-state index contributed by atoms with van der Waals surface area (Å²) in [6.45, 7) is 2.81. The number of rotatable bonds is 2. The first-order chi connectivity index (χ1) is 7.22. The molecule has 0 spiro atoms. The fourth-order valence-electron chi connectivity index (χ4n) is 1.57. The van der Waals surface area contributed by atoms with Gasteiger partial charge in [-0.2, -0.15) is 0 Å². The molecule has 80 valence electrons. The van der Waals surface area contributed by atoms with Crippen molar-refractivity contribution in [2.45, 2.75) is 13.3 Å². The topological polar surface area (TPSA) is 61.6 Å². The average molecular weight is 209 g/mol. The minimum Gasteiger partial charge on any atom is -0.486 e. The van der Waals surface area contributed by atoms with E-state index in [1.165, 1.54) is 6.07 Å². The lowest BCUT2D eigenvalue weighted by Gasteiger charge is -2.18. The van der Waals surface area contributed by atoms with Crippen LogP contribution in [0.5, 0.6) is 11.5 Å². The molecule has 0 atom stereocenters. The van der Waals surface area contributed by atoms with Crippen molar-refractivity contribution < 1.29 is 14.4 Å². The first-order valence-electron chi connectivity index (χ1n) is 4.79. The summed E-state index contributed by atoms with van der Waals surface area (Å²) in [7, 11) is 0. The smallest absolute Gasteiger partial charge is 0.276 e. The second-order valence-electron chi connectivity index (χ2n) is 3.24. The molecule has 15 heavy (non-hydrogen) atoms. The second-order valence-corrected chi connectivity index (χ2v) is 3.24. The summed E-state index contributed by atoms with van der Waals surface area (Å²) in [6.07, 6.45) is 0.604. The van der Waals surface area contributed by atoms with E-state index >= 15 is 0 Å². The third-order valence-corrected chi connectivity index (χ3v) is 2.32. The predicted octanol–water partition coefficient (Wildman–Crippen LogP) is 1.93. The Morgan fingerprint density at radius 1 is 1.33 bits per heavy atom. The first kappa shape index (κ1) is 9.76. The molecule has 5 heteroatoms. The fraction of sp³-hybridized carbons (Fsp3) is 0.400. The first-order valence-corrected chi connectivity index (χ1v) is 4.79. The summed E-state index contributed by atoms with van der Waals surface area (Å²) in [6, 6.07) is 3.12. The van der Waals surface area contributed by atoms with E-state index in [1.54, 1.807) is 6.07 Å². The van der Waals surface area contributed by atoms with Gasteiger partial charge in [-0.05, 0) is 12.5 Å². The Kier molecular flexibility index (Phi) is 2.45. The fourth-order valence-corrected chi connectivity index (χ4v) is 1.57. The maximum absolute atomic E-state index is 10.8. The lowest BCUT2D eigenvalue weighted by molar-refractivity contribution is -0.385. The Hall–Kier alpha value is -1.78. The van der Waals surface area contributed by atoms with Crippen molar-refractivity contribution in [2.75, 3.05) is 13.2 Å². The van der Waals surface area contributed by atoms with Crippen LogP contribution in [0.3, 0.4) is 0 Å². The van der Waals surface area contributed by atoms with Gasteiger partial charge in [-0.25, -0.2) is 0 Å². The molecule has 0 bridgehead atoms. The van der Waals surface area contributed by atoms with E-state index in [1.807, 2.05) is 6.92 Å². The molecule has 0 aliphatic carbocycles. The number of hydrogen-bond donors (Lipinski definition) is 0. The number of aryl methyl sites for hydroxylation is 1. The summed E-state index contributed by atoms with van der Waals surface area (Å²) >= 11 is 0. The van der Waals surface area contributed by atoms with E-state index in [0.717, 1.165) is 0 Å². The molecule has 5 nitrogen and oxygen atoms in total. The number of fused-ring (bicyclic) bond motifs is 1. The molecule has 1 heterocycles. The lowest BCUT2D eigenvalue weighted by Crippen LogP contribution is -2.15. The van der Waals surface area contributed by atoms with Crippen molar-refractivity contribution >= 4 is 5.69 Å². The van der Waals surface area contributed by atoms with Gasteiger partial charge in [-0.15, -0.1) is 0 Å². The highest BCUT2D eigenvalue weighted by atomic mass is 16.6. The van der Waals surface area contributed by atoms with E-state index in [4.69, 9.17) is 9.47 Å². The molecule has 0 amide bonds. The summed E-state index contributed by atoms with van der Waals surface area (Å²) in [5.74, 6) is 1.06. The molecule has 0 saturated heterocycles. The van der Waals surface area contributed by atoms with Crippen molar-refractivity contribution in [1.29, 1.82) is 0 Å². The van der Waals surface area contributed by atoms with Gasteiger partial charge in [0, 0.05) is 5.56 Å². The molecule has 1 aromatic carbocycles. The van der Waals surface area contributed by atoms with Crippen molar-refractivity contribution in [2.24, 2.45) is 0 Å². The maximum atomic E-state index is 10.8. The van der Waals surface area contributed by atoms with Crippen LogP contribution in [0.4, 0.5) is 5.69 Å². The third-order valence-electron chi connectivity index (χ3n) is 2.32. The molecule has 0 unspecified atom stereocenters. The van der Waals surface area contributed by atoms with Gasteiger partial charge in [-0.3, -0.25) is 10.1 Å². The van der Waals surface area contributed by atoms with Crippen LogP contribution in [-0.4, -0.2) is 18.1 Å². The predicted molar refractivity (Wildman–Crippen MR) is 53.5 cm³/mol. The van der Waals surface area contributed by atoms with Gasteiger partial charge < -0.3 is 9.47 Å². The van der Waals surface area contributed by atoms with E-state index in [9.17, 15) is 10.1 Å². The molecule has 0 saturated carbocycles. The minimum absolute atomic E-state index is 0.0988. The van der Waals surface area contributed by atoms with Crippen LogP contribution in [0.25, 0.3) is 0 Å². The Balaban J connectivity index is 2.51. The highest BCUT2D eigenvalue weighted by Gasteiger charge is 2.20. The van der Waals surface area contributed by atoms with Gasteiger partial charge in [0.2, 0.25) is 0 Å². The van der Waals surface area contributed by atoms with Crippen LogP contribution in [0.2, 0.25) is 0 Å². The van der Waals surface area contributed by atoms with Gasteiger partial charge in [0.05, 0.1) is 11.0 Å². The zero-order valence-electron chi connectivity index (χ0n) is 8.36. The Morgan fingerprint density at radius 3 is 2.47 bits per heavy atom. The van der Waals surface area contributed by atoms with Crippen molar-refractivity contribution in [3.8, 4) is 11.5 Å². The van der Waals surface area contributed by atoms with E-state index < -0.39 is 4.92 Å². The van der Waals surface area contributed by atoms with E-state index in [0.29, 0.717) is 36.7 Å². The van der Waals surface area contributed by atoms with Gasteiger partial charge in [0.25, 0.3) is 5.69 Å². The molecule has 0 radical (unpaired) electrons. The second kappa shape index (κ2) is 3.76. The van der Waals surface area contributed by atoms with Crippen molar-refractivity contribution in [3.05, 3.63) is 27.8 Å². The number of ether oxygens (including phenoxy) is 2. The monoisotopic (exact) mass is 209 g/mol. The highest BCUT2D eigenvalue weighted by molar-refractivity contribution is 5.54. The summed E-state index contributed by atoms with van der Waals surface area (Å²) < 4.78 is 10.6. The van der Waals surface area contributed by atoms with E-state index in [2.05, 4.69) is 0 Å². The number of hydrogen-bond acceptors (Lipinski definition) is 4. The number of nitro groups is 1. The zero-order chi connectivity index (χ0) is 10.8. The molecule has 1 aromatic rings. The summed E-state index contributed by atoms with van der Waals surface area (Å²) in [5.41, 5.74) is 0.769. The van der Waals surface area contributed by atoms with Gasteiger partial charge in [0.1, 0.15) is 13.2 Å². The minimum atomic E-state index is -0.392. The Morgan fingerprint density at radius 2 is 1.93 bits per heavy atom. The zero-order valence-corrected chi connectivity index (χ0v) is 8.36. The Labute approximate surface area is 86.8 Å². The van der Waals surface area contributed by atoms with Crippen molar-refractivity contribution in [3.63, 3.8) is 0 Å². The third kappa shape index (κ3) is 1.72. The van der Waals surface area contributed by atoms with Crippen LogP contribution in [0, 0.1) is 10.1 Å². The van der Waals surface area contributed by atoms with Crippen LogP contribution in [-0.2, 0) is 6.42 Å². The van der Waals surface area contributed by atoms with Crippen LogP contribution < -0.4 is 9.47 Å². The average Bonchev–Trinajstić information content (AvgIpc) is 2.27.